The molecule has 1 rings (SSSR count). The minimum atomic E-state index is -1.17. The Hall–Kier alpha value is -1.79. The number of benzene rings is 1. The summed E-state index contributed by atoms with van der Waals surface area (Å²) in [6, 6.07) is 1.16. The molecule has 6 nitrogen and oxygen atoms in total. The van der Waals surface area contributed by atoms with E-state index in [4.69, 9.17) is 0 Å². The number of hydrogen-bond acceptors (Lipinski definition) is 5. The first-order chi connectivity index (χ1) is 15.3. The number of phenols is 2. The molecule has 6 heteroatoms. The van der Waals surface area contributed by atoms with E-state index in [9.17, 15) is 30.3 Å². The zero-order valence-electron chi connectivity index (χ0n) is 20.0. The Balaban J connectivity index is 2.64. The van der Waals surface area contributed by atoms with Gasteiger partial charge in [0, 0.05) is 6.07 Å². The van der Waals surface area contributed by atoms with E-state index in [1.54, 1.807) is 6.92 Å². The molecular formula is C26H44O6. The molecule has 0 aliphatic carbocycles. The highest BCUT2D eigenvalue weighted by Crippen LogP contribution is 2.35. The lowest BCUT2D eigenvalue weighted by molar-refractivity contribution is 0.0692. The molecule has 1 aromatic rings. The molecule has 0 radical (unpaired) electrons. The Morgan fingerprint density at radius 1 is 0.781 bits per heavy atom. The maximum atomic E-state index is 11.8. The number of rotatable bonds is 18. The molecule has 0 amide bonds. The third-order valence-corrected chi connectivity index (χ3v) is 6.12. The van der Waals surface area contributed by atoms with Gasteiger partial charge < -0.3 is 25.5 Å². The summed E-state index contributed by atoms with van der Waals surface area (Å²) in [5.41, 5.74) is 1.09. The average molecular weight is 453 g/mol. The predicted octanol–water partition coefficient (Wildman–Crippen LogP) is 5.71. The van der Waals surface area contributed by atoms with E-state index in [0.717, 1.165) is 51.0 Å². The number of aliphatic hydroxyl groups excluding tert-OH is 2. The van der Waals surface area contributed by atoms with Crippen molar-refractivity contribution in [2.24, 2.45) is 0 Å². The molecule has 0 saturated heterocycles. The predicted molar refractivity (Wildman–Crippen MR) is 128 cm³/mol. The highest BCUT2D eigenvalue weighted by atomic mass is 16.4. The lowest BCUT2D eigenvalue weighted by Crippen LogP contribution is -2.09. The van der Waals surface area contributed by atoms with Crippen molar-refractivity contribution >= 4 is 5.97 Å². The molecule has 1 aromatic carbocycles. The first-order valence-corrected chi connectivity index (χ1v) is 12.4. The van der Waals surface area contributed by atoms with Crippen molar-refractivity contribution in [3.8, 4) is 11.5 Å². The highest BCUT2D eigenvalue weighted by Gasteiger charge is 2.22. The number of aromatic hydroxyl groups is 2. The highest BCUT2D eigenvalue weighted by molar-refractivity contribution is 5.93. The van der Waals surface area contributed by atoms with Gasteiger partial charge in [-0.3, -0.25) is 0 Å². The normalized spacial score (nSPS) is 13.2. The Kier molecular flexibility index (Phi) is 14.1. The van der Waals surface area contributed by atoms with E-state index in [2.05, 4.69) is 6.92 Å². The van der Waals surface area contributed by atoms with Gasteiger partial charge >= 0.3 is 5.97 Å². The number of carbonyl (C=O) groups is 1. The van der Waals surface area contributed by atoms with Gasteiger partial charge in [0.15, 0.2) is 0 Å². The van der Waals surface area contributed by atoms with Gasteiger partial charge in [-0.25, -0.2) is 4.79 Å². The smallest absolute Gasteiger partial charge is 0.339 e. The molecule has 0 fully saturated rings. The van der Waals surface area contributed by atoms with Crippen LogP contribution in [0.3, 0.4) is 0 Å². The fourth-order valence-electron chi connectivity index (χ4n) is 4.28. The zero-order valence-corrected chi connectivity index (χ0v) is 20.0. The van der Waals surface area contributed by atoms with Crippen LogP contribution in [0, 0.1) is 0 Å². The summed E-state index contributed by atoms with van der Waals surface area (Å²) in [6.07, 6.45) is 12.3. The van der Waals surface area contributed by atoms with Crippen LogP contribution in [0.25, 0.3) is 0 Å². The Morgan fingerprint density at radius 2 is 1.34 bits per heavy atom. The number of carboxylic acids is 1. The Morgan fingerprint density at radius 3 is 1.97 bits per heavy atom. The maximum Gasteiger partial charge on any atom is 0.339 e. The first-order valence-electron chi connectivity index (χ1n) is 12.4. The molecule has 0 bridgehead atoms. The number of aromatic carboxylic acids is 1. The van der Waals surface area contributed by atoms with E-state index >= 15 is 0 Å². The number of hydrogen-bond donors (Lipinski definition) is 5. The summed E-state index contributed by atoms with van der Waals surface area (Å²) in [6.45, 7) is 3.92. The van der Waals surface area contributed by atoms with Crippen molar-refractivity contribution in [2.45, 2.75) is 122 Å². The third-order valence-electron chi connectivity index (χ3n) is 6.12. The molecule has 0 aromatic heterocycles. The van der Waals surface area contributed by atoms with Crippen LogP contribution in [-0.2, 0) is 12.8 Å². The van der Waals surface area contributed by atoms with Crippen LogP contribution in [0.15, 0.2) is 6.07 Å². The lowest BCUT2D eigenvalue weighted by Gasteiger charge is -2.16. The SMILES string of the molecule is CCCCCCCCc1c(O)cc(O)c(C(=O)O)c1CCCCC[C@@H](O)CCC[C@H](C)O. The van der Waals surface area contributed by atoms with Crippen molar-refractivity contribution in [3.05, 3.63) is 22.8 Å². The summed E-state index contributed by atoms with van der Waals surface area (Å²) in [5.74, 6) is -1.58. The summed E-state index contributed by atoms with van der Waals surface area (Å²) in [7, 11) is 0. The second-order valence-corrected chi connectivity index (χ2v) is 9.10. The molecular weight excluding hydrogens is 408 g/mol. The number of carboxylic acid groups (broad SMARTS) is 1. The van der Waals surface area contributed by atoms with Gasteiger partial charge in [-0.1, -0.05) is 51.9 Å². The van der Waals surface area contributed by atoms with Crippen LogP contribution in [0.1, 0.15) is 119 Å². The molecule has 0 saturated carbocycles. The largest absolute Gasteiger partial charge is 0.508 e. The fourth-order valence-corrected chi connectivity index (χ4v) is 4.28. The second-order valence-electron chi connectivity index (χ2n) is 9.10. The Bertz CT molecular complexity index is 671. The molecule has 0 heterocycles. The number of unbranched alkanes of at least 4 members (excludes halogenated alkanes) is 7. The monoisotopic (exact) mass is 452 g/mol. The second kappa shape index (κ2) is 15.9. The zero-order chi connectivity index (χ0) is 23.9. The quantitative estimate of drug-likeness (QED) is 0.182. The third kappa shape index (κ3) is 10.7. The topological polar surface area (TPSA) is 118 Å². The van der Waals surface area contributed by atoms with Gasteiger partial charge in [-0.05, 0) is 69.4 Å². The minimum absolute atomic E-state index is 0.0235. The van der Waals surface area contributed by atoms with E-state index < -0.39 is 5.97 Å². The van der Waals surface area contributed by atoms with Gasteiger partial charge in [0.05, 0.1) is 12.2 Å². The van der Waals surface area contributed by atoms with Crippen LogP contribution in [0.2, 0.25) is 0 Å². The number of aliphatic hydroxyl groups is 2. The first kappa shape index (κ1) is 28.2. The molecule has 0 unspecified atom stereocenters. The van der Waals surface area contributed by atoms with Crippen molar-refractivity contribution < 1.29 is 30.3 Å². The fraction of sp³-hybridized carbons (Fsp3) is 0.731. The van der Waals surface area contributed by atoms with Gasteiger partial charge in [0.1, 0.15) is 17.1 Å². The van der Waals surface area contributed by atoms with Crippen LogP contribution in [0.5, 0.6) is 11.5 Å². The van der Waals surface area contributed by atoms with Gasteiger partial charge in [-0.2, -0.15) is 0 Å². The van der Waals surface area contributed by atoms with E-state index in [1.165, 1.54) is 19.3 Å². The van der Waals surface area contributed by atoms with Crippen molar-refractivity contribution in [3.63, 3.8) is 0 Å². The van der Waals surface area contributed by atoms with Crippen molar-refractivity contribution in [1.29, 1.82) is 0 Å². The molecule has 184 valence electrons. The van der Waals surface area contributed by atoms with E-state index in [0.29, 0.717) is 43.2 Å². The number of phenolic OH excluding ortho intramolecular Hbond substituents is 1. The molecule has 0 aliphatic rings. The molecule has 5 N–H and O–H groups in total. The van der Waals surface area contributed by atoms with Crippen LogP contribution in [-0.4, -0.2) is 43.7 Å². The van der Waals surface area contributed by atoms with E-state index in [-0.39, 0.29) is 29.3 Å². The van der Waals surface area contributed by atoms with Gasteiger partial charge in [-0.15, -0.1) is 0 Å². The van der Waals surface area contributed by atoms with Crippen LogP contribution in [0.4, 0.5) is 0 Å². The van der Waals surface area contributed by atoms with Crippen molar-refractivity contribution in [1.82, 2.24) is 0 Å². The minimum Gasteiger partial charge on any atom is -0.508 e. The molecule has 0 spiro atoms. The van der Waals surface area contributed by atoms with Crippen LogP contribution < -0.4 is 0 Å². The maximum absolute atomic E-state index is 11.8. The van der Waals surface area contributed by atoms with E-state index in [1.807, 2.05) is 0 Å². The standard InChI is InChI=1S/C26H44O6/c1-3-4-5-6-7-10-16-21-22(25(26(31)32)24(30)18-23(21)29)17-11-8-9-14-20(28)15-12-13-19(2)27/h18-20,27-30H,3-17H2,1-2H3,(H,31,32)/t19-,20+/m0/s1. The lowest BCUT2D eigenvalue weighted by atomic mass is 9.90. The summed E-state index contributed by atoms with van der Waals surface area (Å²) in [5, 5.41) is 49.5. The van der Waals surface area contributed by atoms with Gasteiger partial charge in [0.2, 0.25) is 0 Å². The van der Waals surface area contributed by atoms with Gasteiger partial charge in [0.25, 0.3) is 0 Å². The van der Waals surface area contributed by atoms with Crippen LogP contribution >= 0.6 is 0 Å². The molecule has 2 atom stereocenters. The molecule has 0 aliphatic heterocycles. The summed E-state index contributed by atoms with van der Waals surface area (Å²) in [4.78, 5) is 11.8. The average Bonchev–Trinajstić information content (AvgIpc) is 2.71. The summed E-state index contributed by atoms with van der Waals surface area (Å²) < 4.78 is 0. The summed E-state index contributed by atoms with van der Waals surface area (Å²) >= 11 is 0. The Labute approximate surface area is 193 Å². The molecule has 32 heavy (non-hydrogen) atoms. The van der Waals surface area contributed by atoms with Crippen molar-refractivity contribution in [2.75, 3.05) is 0 Å².